The highest BCUT2D eigenvalue weighted by Gasteiger charge is 2.58. The maximum absolute atomic E-state index is 14.4. The zero-order chi connectivity index (χ0) is 20.9. The average molecular weight is 402 g/mol. The van der Waals surface area contributed by atoms with Crippen molar-refractivity contribution in [3.8, 4) is 11.5 Å². The fourth-order valence-corrected chi connectivity index (χ4v) is 3.83. The molecule has 0 bridgehead atoms. The van der Waals surface area contributed by atoms with E-state index in [0.29, 0.717) is 0 Å². The van der Waals surface area contributed by atoms with E-state index >= 15 is 0 Å². The van der Waals surface area contributed by atoms with Crippen LogP contribution in [0.3, 0.4) is 0 Å². The van der Waals surface area contributed by atoms with Crippen LogP contribution < -0.4 is 4.74 Å². The number of carbonyl (C=O) groups excluding carboxylic acids is 3. The molecule has 2 aromatic rings. The van der Waals surface area contributed by atoms with E-state index in [1.165, 1.54) is 0 Å². The van der Waals surface area contributed by atoms with Gasteiger partial charge in [-0.1, -0.05) is 6.58 Å². The highest BCUT2D eigenvalue weighted by Crippen LogP contribution is 2.57. The normalized spacial score (nSPS) is 21.7. The zero-order valence-corrected chi connectivity index (χ0v) is 14.6. The molecule has 29 heavy (non-hydrogen) atoms. The number of benzene rings is 2. The summed E-state index contributed by atoms with van der Waals surface area (Å²) in [4.78, 5) is 35.6. The fraction of sp³-hybridized carbons (Fsp3) is 0.150. The number of hydrogen-bond acceptors (Lipinski definition) is 6. The van der Waals surface area contributed by atoms with Gasteiger partial charge in [-0.3, -0.25) is 0 Å². The number of alkyl halides is 3. The van der Waals surface area contributed by atoms with Gasteiger partial charge in [-0.15, -0.1) is 0 Å². The van der Waals surface area contributed by atoms with Crippen molar-refractivity contribution in [2.45, 2.75) is 18.5 Å². The largest absolute Gasteiger partial charge is 0.457 e. The first-order valence-corrected chi connectivity index (χ1v) is 8.32. The molecule has 6 nitrogen and oxygen atoms in total. The van der Waals surface area contributed by atoms with E-state index in [-0.39, 0.29) is 50.6 Å². The Kier molecular flexibility index (Phi) is 3.04. The van der Waals surface area contributed by atoms with Crippen LogP contribution >= 0.6 is 0 Å². The Bertz CT molecular complexity index is 1120. The molecule has 3 aliphatic rings. The Morgan fingerprint density at radius 3 is 1.76 bits per heavy atom. The zero-order valence-electron chi connectivity index (χ0n) is 14.6. The van der Waals surface area contributed by atoms with Crippen LogP contribution in [-0.2, 0) is 14.9 Å². The first-order chi connectivity index (χ1) is 13.5. The molecule has 0 aromatic heterocycles. The van der Waals surface area contributed by atoms with E-state index in [1.54, 1.807) is 0 Å². The van der Waals surface area contributed by atoms with Crippen molar-refractivity contribution >= 4 is 23.7 Å². The molecular formula is C20H9F3O6. The summed E-state index contributed by atoms with van der Waals surface area (Å²) in [6.07, 6.45) is -4.81. The number of halogens is 3. The van der Waals surface area contributed by atoms with Crippen LogP contribution in [0.4, 0.5) is 13.2 Å². The number of fused-ring (bicyclic) bond motifs is 4. The van der Waals surface area contributed by atoms with E-state index < -0.39 is 29.5 Å². The first-order valence-electron chi connectivity index (χ1n) is 8.32. The fourth-order valence-electron chi connectivity index (χ4n) is 3.83. The number of esters is 3. The molecular weight excluding hydrogens is 393 g/mol. The molecule has 0 saturated carbocycles. The molecule has 9 heteroatoms. The predicted molar refractivity (Wildman–Crippen MR) is 89.7 cm³/mol. The van der Waals surface area contributed by atoms with Gasteiger partial charge < -0.3 is 14.2 Å². The number of hydrogen-bond donors (Lipinski definition) is 0. The molecule has 3 heterocycles. The summed E-state index contributed by atoms with van der Waals surface area (Å²) >= 11 is 0. The minimum absolute atomic E-state index is 0.0254. The van der Waals surface area contributed by atoms with E-state index in [2.05, 4.69) is 11.3 Å². The van der Waals surface area contributed by atoms with Crippen molar-refractivity contribution in [3.05, 3.63) is 64.2 Å². The van der Waals surface area contributed by atoms with Crippen LogP contribution in [0, 0.1) is 0 Å². The number of ether oxygens (including phenoxy) is 3. The van der Waals surface area contributed by atoms with Gasteiger partial charge in [-0.25, -0.2) is 14.4 Å². The quantitative estimate of drug-likeness (QED) is 0.488. The molecule has 0 radical (unpaired) electrons. The number of rotatable bonds is 0. The first kappa shape index (κ1) is 17.5. The maximum atomic E-state index is 14.4. The third kappa shape index (κ3) is 2.04. The minimum atomic E-state index is -4.81. The summed E-state index contributed by atoms with van der Waals surface area (Å²) in [7, 11) is 0. The second-order valence-corrected chi connectivity index (χ2v) is 7.00. The van der Waals surface area contributed by atoms with E-state index in [0.717, 1.165) is 31.2 Å². The molecule has 0 aliphatic carbocycles. The lowest BCUT2D eigenvalue weighted by Crippen LogP contribution is -2.43. The third-order valence-corrected chi connectivity index (χ3v) is 5.47. The van der Waals surface area contributed by atoms with Crippen LogP contribution in [-0.4, -0.2) is 24.1 Å². The Morgan fingerprint density at radius 1 is 0.759 bits per heavy atom. The highest BCUT2D eigenvalue weighted by molar-refractivity contribution is 6.15. The predicted octanol–water partition coefficient (Wildman–Crippen LogP) is 4.11. The summed E-state index contributed by atoms with van der Waals surface area (Å²) in [5, 5.41) is 0. The van der Waals surface area contributed by atoms with Crippen molar-refractivity contribution in [2.24, 2.45) is 0 Å². The van der Waals surface area contributed by atoms with Crippen LogP contribution in [0.15, 0.2) is 30.8 Å². The standard InChI is InChI=1S/C20H9F3O6/c1-7-8-3-12-14(5-10(8)16(24)27-7)28-15-6-11-9(17(25)29-18(11)26)4-13(15)19(12,2)20(21,22)23/h3-6H,1H2,2H3. The summed E-state index contributed by atoms with van der Waals surface area (Å²) in [5.41, 5.74) is -3.51. The number of carbonyl (C=O) groups is 3. The Balaban J connectivity index is 1.84. The second-order valence-electron chi connectivity index (χ2n) is 7.00. The molecule has 0 spiro atoms. The molecule has 0 amide bonds. The minimum Gasteiger partial charge on any atom is -0.457 e. The lowest BCUT2D eigenvalue weighted by molar-refractivity contribution is -0.174. The summed E-state index contributed by atoms with van der Waals surface area (Å²) in [5.74, 6) is -3.27. The van der Waals surface area contributed by atoms with Crippen LogP contribution in [0.25, 0.3) is 5.76 Å². The average Bonchev–Trinajstić information content (AvgIpc) is 3.07. The molecule has 146 valence electrons. The lowest BCUT2D eigenvalue weighted by Gasteiger charge is -2.39. The van der Waals surface area contributed by atoms with Gasteiger partial charge in [0.25, 0.3) is 0 Å². The molecule has 0 N–H and O–H groups in total. The number of cyclic esters (lactones) is 3. The molecule has 2 aromatic carbocycles. The lowest BCUT2D eigenvalue weighted by atomic mass is 9.72. The van der Waals surface area contributed by atoms with Crippen molar-refractivity contribution in [1.82, 2.24) is 0 Å². The maximum Gasteiger partial charge on any atom is 0.402 e. The van der Waals surface area contributed by atoms with E-state index in [4.69, 9.17) is 9.47 Å². The van der Waals surface area contributed by atoms with Gasteiger partial charge in [0.2, 0.25) is 0 Å². The summed E-state index contributed by atoms with van der Waals surface area (Å²) in [6.45, 7) is 4.49. The molecule has 1 atom stereocenters. The van der Waals surface area contributed by atoms with Crippen LogP contribution in [0.2, 0.25) is 0 Å². The topological polar surface area (TPSA) is 78.9 Å². The van der Waals surface area contributed by atoms with Gasteiger partial charge in [0, 0.05) is 16.7 Å². The smallest absolute Gasteiger partial charge is 0.402 e. The van der Waals surface area contributed by atoms with Crippen LogP contribution in [0.1, 0.15) is 54.7 Å². The monoisotopic (exact) mass is 402 g/mol. The van der Waals surface area contributed by atoms with E-state index in [1.807, 2.05) is 0 Å². The molecule has 1 unspecified atom stereocenters. The molecule has 0 saturated heterocycles. The molecule has 0 fully saturated rings. The van der Waals surface area contributed by atoms with Gasteiger partial charge >= 0.3 is 24.1 Å². The highest BCUT2D eigenvalue weighted by atomic mass is 19.4. The van der Waals surface area contributed by atoms with Crippen molar-refractivity contribution in [1.29, 1.82) is 0 Å². The third-order valence-electron chi connectivity index (χ3n) is 5.47. The van der Waals surface area contributed by atoms with Crippen molar-refractivity contribution in [3.63, 3.8) is 0 Å². The summed E-state index contributed by atoms with van der Waals surface area (Å²) < 4.78 is 58.1. The van der Waals surface area contributed by atoms with Gasteiger partial charge in [0.1, 0.15) is 22.7 Å². The molecule has 5 rings (SSSR count). The van der Waals surface area contributed by atoms with Crippen molar-refractivity contribution in [2.75, 3.05) is 0 Å². The summed E-state index contributed by atoms with van der Waals surface area (Å²) in [6, 6.07) is 4.34. The Morgan fingerprint density at radius 2 is 1.21 bits per heavy atom. The SMILES string of the molecule is C=C1OC(=O)c2cc3c(cc21)C(C)(C(F)(F)F)c1cc2c(cc1O3)C(=O)OC2=O. The van der Waals surface area contributed by atoms with Crippen molar-refractivity contribution < 1.29 is 41.8 Å². The van der Waals surface area contributed by atoms with Crippen LogP contribution in [0.5, 0.6) is 11.5 Å². The van der Waals surface area contributed by atoms with E-state index in [9.17, 15) is 27.6 Å². The van der Waals surface area contributed by atoms with Gasteiger partial charge in [-0.05, 0) is 31.2 Å². The Hall–Kier alpha value is -3.62. The Labute approximate surface area is 160 Å². The second kappa shape index (κ2) is 5.05. The molecule has 3 aliphatic heterocycles. The van der Waals surface area contributed by atoms with Gasteiger partial charge in [0.05, 0.1) is 16.7 Å². The van der Waals surface area contributed by atoms with Gasteiger partial charge in [-0.2, -0.15) is 13.2 Å². The van der Waals surface area contributed by atoms with Gasteiger partial charge in [0.15, 0.2) is 0 Å².